The predicted octanol–water partition coefficient (Wildman–Crippen LogP) is 1.82. The van der Waals surface area contributed by atoms with Gasteiger partial charge in [-0.3, -0.25) is 4.79 Å². The normalized spacial score (nSPS) is 24.3. The van der Waals surface area contributed by atoms with E-state index in [1.54, 1.807) is 0 Å². The molecule has 0 spiro atoms. The molecule has 3 heteroatoms. The van der Waals surface area contributed by atoms with Crippen molar-refractivity contribution < 1.29 is 9.53 Å². The smallest absolute Gasteiger partial charge is 0.313 e. The van der Waals surface area contributed by atoms with E-state index in [0.717, 1.165) is 18.7 Å². The van der Waals surface area contributed by atoms with E-state index in [1.807, 2.05) is 0 Å². The molecule has 0 aromatic heterocycles. The van der Waals surface area contributed by atoms with Crippen molar-refractivity contribution in [3.05, 3.63) is 0 Å². The lowest BCUT2D eigenvalue weighted by Crippen LogP contribution is -2.14. The van der Waals surface area contributed by atoms with Crippen LogP contribution in [0.2, 0.25) is 0 Å². The SMILES string of the molecule is CCP(CC)C1CCOC1=O. The van der Waals surface area contributed by atoms with Crippen LogP contribution in [0.3, 0.4) is 0 Å². The lowest BCUT2D eigenvalue weighted by molar-refractivity contribution is -0.137. The van der Waals surface area contributed by atoms with Gasteiger partial charge in [0.25, 0.3) is 0 Å². The van der Waals surface area contributed by atoms with Crippen molar-refractivity contribution >= 4 is 13.9 Å². The van der Waals surface area contributed by atoms with Crippen LogP contribution < -0.4 is 0 Å². The average molecular weight is 174 g/mol. The summed E-state index contributed by atoms with van der Waals surface area (Å²) in [6.45, 7) is 4.99. The van der Waals surface area contributed by atoms with Crippen molar-refractivity contribution in [2.45, 2.75) is 25.9 Å². The maximum atomic E-state index is 11.1. The van der Waals surface area contributed by atoms with Gasteiger partial charge in [0.15, 0.2) is 0 Å². The second-order valence-electron chi connectivity index (χ2n) is 2.69. The van der Waals surface area contributed by atoms with Crippen LogP contribution in [0.1, 0.15) is 20.3 Å². The van der Waals surface area contributed by atoms with E-state index in [2.05, 4.69) is 13.8 Å². The van der Waals surface area contributed by atoms with Crippen molar-refractivity contribution in [1.82, 2.24) is 0 Å². The maximum Gasteiger partial charge on any atom is 0.313 e. The highest BCUT2D eigenvalue weighted by Crippen LogP contribution is 2.44. The average Bonchev–Trinajstić information content (AvgIpc) is 2.40. The quantitative estimate of drug-likeness (QED) is 0.482. The van der Waals surface area contributed by atoms with E-state index in [0.29, 0.717) is 6.61 Å². The van der Waals surface area contributed by atoms with Gasteiger partial charge < -0.3 is 4.74 Å². The molecule has 1 heterocycles. The molecule has 0 amide bonds. The summed E-state index contributed by atoms with van der Waals surface area (Å²) in [5.41, 5.74) is 0.264. The maximum absolute atomic E-state index is 11.1. The van der Waals surface area contributed by atoms with Gasteiger partial charge in [0, 0.05) is 0 Å². The summed E-state index contributed by atoms with van der Waals surface area (Å²) < 4.78 is 4.93. The van der Waals surface area contributed by atoms with Crippen molar-refractivity contribution in [1.29, 1.82) is 0 Å². The molecule has 0 saturated carbocycles. The molecular formula is C8H15O2P. The number of carbonyl (C=O) groups is 1. The summed E-state index contributed by atoms with van der Waals surface area (Å²) in [5, 5.41) is 0. The molecule has 1 fully saturated rings. The Balaban J connectivity index is 2.49. The zero-order valence-corrected chi connectivity index (χ0v) is 8.06. The number of hydrogen-bond acceptors (Lipinski definition) is 2. The van der Waals surface area contributed by atoms with Gasteiger partial charge in [-0.15, -0.1) is 0 Å². The highest BCUT2D eigenvalue weighted by Gasteiger charge is 2.31. The van der Waals surface area contributed by atoms with E-state index in [9.17, 15) is 4.79 Å². The van der Waals surface area contributed by atoms with Crippen LogP contribution in [0.4, 0.5) is 0 Å². The van der Waals surface area contributed by atoms with Crippen LogP contribution in [0.5, 0.6) is 0 Å². The Kier molecular flexibility index (Phi) is 3.32. The first-order valence-corrected chi connectivity index (χ1v) is 5.98. The van der Waals surface area contributed by atoms with Crippen LogP contribution >= 0.6 is 7.92 Å². The van der Waals surface area contributed by atoms with Gasteiger partial charge in [0.1, 0.15) is 0 Å². The number of rotatable bonds is 3. The minimum absolute atomic E-state index is 0.0554. The molecule has 0 bridgehead atoms. The fraction of sp³-hybridized carbons (Fsp3) is 0.875. The third-order valence-electron chi connectivity index (χ3n) is 2.16. The molecule has 11 heavy (non-hydrogen) atoms. The highest BCUT2D eigenvalue weighted by molar-refractivity contribution is 7.59. The zero-order valence-electron chi connectivity index (χ0n) is 7.17. The minimum atomic E-state index is -0.0712. The Hall–Kier alpha value is -0.100. The summed E-state index contributed by atoms with van der Waals surface area (Å²) in [6.07, 6.45) is 3.28. The first-order valence-electron chi connectivity index (χ1n) is 4.20. The molecule has 0 aromatic carbocycles. The molecule has 1 saturated heterocycles. The summed E-state index contributed by atoms with van der Waals surface area (Å²) in [5.74, 6) is 0.0554. The fourth-order valence-electron chi connectivity index (χ4n) is 1.48. The van der Waals surface area contributed by atoms with Crippen molar-refractivity contribution in [2.75, 3.05) is 18.9 Å². The van der Waals surface area contributed by atoms with Gasteiger partial charge in [-0.2, -0.15) is 0 Å². The monoisotopic (exact) mass is 174 g/mol. The molecule has 2 nitrogen and oxygen atoms in total. The van der Waals surface area contributed by atoms with E-state index < -0.39 is 0 Å². The molecule has 1 atom stereocenters. The molecular weight excluding hydrogens is 159 g/mol. The van der Waals surface area contributed by atoms with E-state index in [-0.39, 0.29) is 19.5 Å². The van der Waals surface area contributed by atoms with E-state index >= 15 is 0 Å². The molecule has 0 aliphatic carbocycles. The number of hydrogen-bond donors (Lipinski definition) is 0. The van der Waals surface area contributed by atoms with Crippen molar-refractivity contribution in [3.63, 3.8) is 0 Å². The third-order valence-corrected chi connectivity index (χ3v) is 5.14. The lowest BCUT2D eigenvalue weighted by Gasteiger charge is -2.16. The molecule has 1 aliphatic rings. The second kappa shape index (κ2) is 4.06. The van der Waals surface area contributed by atoms with Crippen LogP contribution in [-0.2, 0) is 9.53 Å². The van der Waals surface area contributed by atoms with E-state index in [1.165, 1.54) is 0 Å². The topological polar surface area (TPSA) is 26.3 Å². The molecule has 1 rings (SSSR count). The van der Waals surface area contributed by atoms with Crippen LogP contribution in [0, 0.1) is 0 Å². The number of esters is 1. The third kappa shape index (κ3) is 1.93. The molecule has 1 aliphatic heterocycles. The number of carbonyl (C=O) groups excluding carboxylic acids is 1. The van der Waals surface area contributed by atoms with Gasteiger partial charge in [0.2, 0.25) is 0 Å². The summed E-state index contributed by atoms with van der Waals surface area (Å²) in [4.78, 5) is 11.1. The largest absolute Gasteiger partial charge is 0.465 e. The van der Waals surface area contributed by atoms with Crippen LogP contribution in [0.15, 0.2) is 0 Å². The minimum Gasteiger partial charge on any atom is -0.465 e. The Bertz CT molecular complexity index is 143. The Morgan fingerprint density at radius 2 is 2.18 bits per heavy atom. The summed E-state index contributed by atoms with van der Waals surface area (Å²) >= 11 is 0. The number of ether oxygens (including phenoxy) is 1. The van der Waals surface area contributed by atoms with Crippen LogP contribution in [-0.4, -0.2) is 30.6 Å². The first-order chi connectivity index (χ1) is 5.29. The summed E-state index contributed by atoms with van der Waals surface area (Å²) in [6, 6.07) is 0. The number of cyclic esters (lactones) is 1. The van der Waals surface area contributed by atoms with Gasteiger partial charge in [0.05, 0.1) is 12.3 Å². The molecule has 64 valence electrons. The van der Waals surface area contributed by atoms with Crippen molar-refractivity contribution in [2.24, 2.45) is 0 Å². The molecule has 0 aromatic rings. The van der Waals surface area contributed by atoms with Gasteiger partial charge in [-0.25, -0.2) is 0 Å². The van der Waals surface area contributed by atoms with Gasteiger partial charge in [-0.05, 0) is 18.7 Å². The fourth-order valence-corrected chi connectivity index (χ4v) is 3.65. The Morgan fingerprint density at radius 3 is 2.55 bits per heavy atom. The molecule has 0 N–H and O–H groups in total. The highest BCUT2D eigenvalue weighted by atomic mass is 31.1. The van der Waals surface area contributed by atoms with Crippen molar-refractivity contribution in [3.8, 4) is 0 Å². The Labute approximate surface area is 69.1 Å². The van der Waals surface area contributed by atoms with Gasteiger partial charge >= 0.3 is 5.97 Å². The second-order valence-corrected chi connectivity index (χ2v) is 5.76. The predicted molar refractivity (Wildman–Crippen MR) is 47.4 cm³/mol. The molecule has 1 unspecified atom stereocenters. The lowest BCUT2D eigenvalue weighted by atomic mass is 10.4. The molecule has 0 radical (unpaired) electrons. The van der Waals surface area contributed by atoms with Gasteiger partial charge in [-0.1, -0.05) is 21.8 Å². The van der Waals surface area contributed by atoms with Crippen LogP contribution in [0.25, 0.3) is 0 Å². The van der Waals surface area contributed by atoms with E-state index in [4.69, 9.17) is 4.74 Å². The Morgan fingerprint density at radius 1 is 1.55 bits per heavy atom. The standard InChI is InChI=1S/C8H15O2P/c1-3-11(4-2)7-5-6-10-8(7)9/h7H,3-6H2,1-2H3. The zero-order chi connectivity index (χ0) is 8.27. The first kappa shape index (κ1) is 8.99. The summed E-state index contributed by atoms with van der Waals surface area (Å²) in [7, 11) is -0.0712.